The molecule has 164 valence electrons. The van der Waals surface area contributed by atoms with Gasteiger partial charge in [-0.1, -0.05) is 6.92 Å². The molecule has 0 spiro atoms. The largest absolute Gasteiger partial charge is 0.491 e. The van der Waals surface area contributed by atoms with Crippen LogP contribution < -0.4 is 15.4 Å². The molecule has 1 aliphatic rings. The number of halogens is 2. The number of aromatic nitrogens is 3. The van der Waals surface area contributed by atoms with E-state index in [1.807, 2.05) is 0 Å². The molecule has 0 bridgehead atoms. The van der Waals surface area contributed by atoms with Gasteiger partial charge in [0.05, 0.1) is 17.4 Å². The van der Waals surface area contributed by atoms with Gasteiger partial charge in [-0.25, -0.2) is 13.8 Å². The van der Waals surface area contributed by atoms with Crippen molar-refractivity contribution in [2.24, 2.45) is 0 Å². The zero-order chi connectivity index (χ0) is 21.3. The molecule has 2 heterocycles. The molecule has 1 fully saturated rings. The number of aliphatic hydroxyl groups is 1. The molecule has 0 aliphatic heterocycles. The number of nitrogens with zero attached hydrogens (tertiary/aromatic N) is 3. The maximum atomic E-state index is 13.6. The number of rotatable bonds is 10. The van der Waals surface area contributed by atoms with E-state index in [-0.39, 0.29) is 25.3 Å². The Morgan fingerprint density at radius 3 is 2.80 bits per heavy atom. The lowest BCUT2D eigenvalue weighted by molar-refractivity contribution is 0.126. The summed E-state index contributed by atoms with van der Waals surface area (Å²) in [5.41, 5.74) is 1.26. The average molecular weight is 421 g/mol. The Labute approximate surface area is 175 Å². The molecule has 3 N–H and O–H groups in total. The number of anilines is 2. The molecule has 3 rings (SSSR count). The zero-order valence-electron chi connectivity index (χ0n) is 17.2. The Morgan fingerprint density at radius 1 is 1.27 bits per heavy atom. The highest BCUT2D eigenvalue weighted by Crippen LogP contribution is 2.30. The van der Waals surface area contributed by atoms with Crippen LogP contribution in [0.4, 0.5) is 20.5 Å². The van der Waals surface area contributed by atoms with Crippen molar-refractivity contribution in [1.29, 1.82) is 0 Å². The van der Waals surface area contributed by atoms with E-state index in [1.165, 1.54) is 0 Å². The van der Waals surface area contributed by atoms with Gasteiger partial charge in [0.25, 0.3) is 0 Å². The summed E-state index contributed by atoms with van der Waals surface area (Å²) >= 11 is 0. The van der Waals surface area contributed by atoms with Crippen LogP contribution in [0.5, 0.6) is 5.75 Å². The third-order valence-electron chi connectivity index (χ3n) is 5.10. The van der Waals surface area contributed by atoms with Crippen molar-refractivity contribution in [3.63, 3.8) is 0 Å². The van der Waals surface area contributed by atoms with Crippen molar-refractivity contribution in [2.75, 3.05) is 30.5 Å². The molecule has 1 saturated carbocycles. The van der Waals surface area contributed by atoms with Crippen LogP contribution in [-0.2, 0) is 0 Å². The van der Waals surface area contributed by atoms with Gasteiger partial charge in [-0.05, 0) is 38.2 Å². The van der Waals surface area contributed by atoms with E-state index in [1.54, 1.807) is 31.5 Å². The normalized spacial score (nSPS) is 19.9. The van der Waals surface area contributed by atoms with Crippen LogP contribution >= 0.6 is 0 Å². The molecular weight excluding hydrogens is 392 g/mol. The number of aliphatic hydroxyl groups excluding tert-OH is 1. The van der Waals surface area contributed by atoms with E-state index in [2.05, 4.69) is 25.6 Å². The van der Waals surface area contributed by atoms with Crippen LogP contribution in [-0.4, -0.2) is 58.2 Å². The molecule has 0 unspecified atom stereocenters. The highest BCUT2D eigenvalue weighted by Gasteiger charge is 2.22. The van der Waals surface area contributed by atoms with E-state index in [0.717, 1.165) is 25.7 Å². The number of nitrogens with one attached hydrogen (secondary N) is 2. The monoisotopic (exact) mass is 421 g/mol. The van der Waals surface area contributed by atoms with Crippen LogP contribution in [0.15, 0.2) is 24.5 Å². The second-order valence-corrected chi connectivity index (χ2v) is 7.41. The van der Waals surface area contributed by atoms with Crippen molar-refractivity contribution in [2.45, 2.75) is 57.3 Å². The first kappa shape index (κ1) is 22.1. The minimum atomic E-state index is -0.976. The van der Waals surface area contributed by atoms with Crippen molar-refractivity contribution in [3.05, 3.63) is 24.5 Å². The molecule has 2 aromatic heterocycles. The molecule has 0 amide bonds. The Hall–Kier alpha value is -2.55. The second kappa shape index (κ2) is 11.0. The highest BCUT2D eigenvalue weighted by molar-refractivity contribution is 5.73. The zero-order valence-corrected chi connectivity index (χ0v) is 17.2. The minimum Gasteiger partial charge on any atom is -0.491 e. The molecule has 1 aliphatic carbocycles. The van der Waals surface area contributed by atoms with Gasteiger partial charge in [0.1, 0.15) is 31.0 Å². The average Bonchev–Trinajstić information content (AvgIpc) is 2.78. The van der Waals surface area contributed by atoms with E-state index in [9.17, 15) is 13.9 Å². The molecule has 0 aromatic carbocycles. The number of ether oxygens (including phenoxy) is 1. The molecule has 0 saturated heterocycles. The van der Waals surface area contributed by atoms with Crippen LogP contribution in [0.3, 0.4) is 0 Å². The maximum Gasteiger partial charge on any atom is 0.224 e. The number of hydrogen-bond acceptors (Lipinski definition) is 7. The van der Waals surface area contributed by atoms with E-state index >= 15 is 0 Å². The van der Waals surface area contributed by atoms with Gasteiger partial charge in [-0.15, -0.1) is 0 Å². The highest BCUT2D eigenvalue weighted by atomic mass is 19.1. The quantitative estimate of drug-likeness (QED) is 0.538. The van der Waals surface area contributed by atoms with E-state index < -0.39 is 12.8 Å². The summed E-state index contributed by atoms with van der Waals surface area (Å²) < 4.78 is 31.4. The predicted octanol–water partition coefficient (Wildman–Crippen LogP) is 3.76. The predicted molar refractivity (Wildman–Crippen MR) is 112 cm³/mol. The lowest BCUT2D eigenvalue weighted by Gasteiger charge is -2.27. The third-order valence-corrected chi connectivity index (χ3v) is 5.10. The van der Waals surface area contributed by atoms with Gasteiger partial charge < -0.3 is 20.5 Å². The van der Waals surface area contributed by atoms with Crippen molar-refractivity contribution >= 4 is 11.8 Å². The van der Waals surface area contributed by atoms with Gasteiger partial charge >= 0.3 is 0 Å². The van der Waals surface area contributed by atoms with Crippen molar-refractivity contribution in [1.82, 2.24) is 15.0 Å². The van der Waals surface area contributed by atoms with Gasteiger partial charge in [0.2, 0.25) is 5.95 Å². The molecular formula is C21H29F2N5O2. The standard InChI is InChI=1S/C21H29F2N5O2/c1-2-14(23)12-25-21-26-13-18(19-11-17(7-9-24-19)30-10-8-22)20(28-21)27-15-3-5-16(29)6-4-15/h7,9,11,13-16,29H,2-6,8,10,12H2,1H3,(H2,25,26,27,28)/t14-,15-,16-/m0/s1. The smallest absolute Gasteiger partial charge is 0.224 e. The molecule has 7 nitrogen and oxygen atoms in total. The van der Waals surface area contributed by atoms with E-state index in [4.69, 9.17) is 4.74 Å². The van der Waals surface area contributed by atoms with E-state index in [0.29, 0.717) is 35.2 Å². The van der Waals surface area contributed by atoms with Gasteiger partial charge in [-0.2, -0.15) is 4.98 Å². The summed E-state index contributed by atoms with van der Waals surface area (Å²) in [5.74, 6) is 1.42. The van der Waals surface area contributed by atoms with Crippen LogP contribution in [0.2, 0.25) is 0 Å². The second-order valence-electron chi connectivity index (χ2n) is 7.41. The van der Waals surface area contributed by atoms with Gasteiger partial charge in [0, 0.05) is 31.0 Å². The maximum absolute atomic E-state index is 13.6. The first-order valence-electron chi connectivity index (χ1n) is 10.4. The fourth-order valence-electron chi connectivity index (χ4n) is 3.33. The molecule has 0 radical (unpaired) electrons. The first-order chi connectivity index (χ1) is 14.6. The minimum absolute atomic E-state index is 0.0276. The Balaban J connectivity index is 1.85. The summed E-state index contributed by atoms with van der Waals surface area (Å²) in [4.78, 5) is 13.3. The van der Waals surface area contributed by atoms with Crippen LogP contribution in [0.25, 0.3) is 11.3 Å². The lowest BCUT2D eigenvalue weighted by atomic mass is 9.93. The fourth-order valence-corrected chi connectivity index (χ4v) is 3.33. The Morgan fingerprint density at radius 2 is 2.07 bits per heavy atom. The SMILES string of the molecule is CC[C@H](F)CNc1ncc(-c2cc(OCCF)ccn2)c(N[C@H]2CC[C@H](O)CC2)n1. The molecule has 2 aromatic rings. The summed E-state index contributed by atoms with van der Waals surface area (Å²) in [6, 6.07) is 3.54. The summed E-state index contributed by atoms with van der Waals surface area (Å²) in [6.07, 6.45) is 5.51. The summed E-state index contributed by atoms with van der Waals surface area (Å²) in [7, 11) is 0. The van der Waals surface area contributed by atoms with Crippen LogP contribution in [0, 0.1) is 0 Å². The van der Waals surface area contributed by atoms with Crippen molar-refractivity contribution < 1.29 is 18.6 Å². The number of alkyl halides is 2. The Bertz CT molecular complexity index is 803. The first-order valence-corrected chi connectivity index (χ1v) is 10.4. The van der Waals surface area contributed by atoms with Crippen LogP contribution in [0.1, 0.15) is 39.0 Å². The topological polar surface area (TPSA) is 92.2 Å². The van der Waals surface area contributed by atoms with Gasteiger partial charge in [0.15, 0.2) is 0 Å². The molecule has 1 atom stereocenters. The van der Waals surface area contributed by atoms with Crippen molar-refractivity contribution in [3.8, 4) is 17.0 Å². The number of pyridine rings is 1. The molecule has 30 heavy (non-hydrogen) atoms. The molecule has 9 heteroatoms. The number of hydrogen-bond donors (Lipinski definition) is 3. The fraction of sp³-hybridized carbons (Fsp3) is 0.571. The summed E-state index contributed by atoms with van der Waals surface area (Å²) in [5, 5.41) is 16.1. The Kier molecular flexibility index (Phi) is 8.12. The lowest BCUT2D eigenvalue weighted by Crippen LogP contribution is -2.29. The summed E-state index contributed by atoms with van der Waals surface area (Å²) in [6.45, 7) is 1.31. The van der Waals surface area contributed by atoms with Gasteiger partial charge in [-0.3, -0.25) is 4.98 Å². The third kappa shape index (κ3) is 6.22.